The number of H-pyrrole nitrogens is 1. The van der Waals surface area contributed by atoms with Crippen LogP contribution in [0.15, 0.2) is 48.6 Å². The molecule has 4 rings (SSSR count). The molecule has 0 saturated carbocycles. The van der Waals surface area contributed by atoms with E-state index < -0.39 is 0 Å². The Kier molecular flexibility index (Phi) is 3.53. The van der Waals surface area contributed by atoms with Crippen LogP contribution in [-0.4, -0.2) is 27.5 Å². The third-order valence-electron chi connectivity index (χ3n) is 4.56. The standard InChI is InChI=1S/C20H13N5O/c1-12(8-21)10-25-11-17-14(3-2-4-15(17)20(25)26)13-5-6-18-16(7-13)19(9-22)24-23-18/h2-7H,1,10-11H2,(H,23,24). The highest BCUT2D eigenvalue weighted by atomic mass is 16.2. The van der Waals surface area contributed by atoms with Gasteiger partial charge in [-0.05, 0) is 34.9 Å². The fourth-order valence-corrected chi connectivity index (χ4v) is 3.32. The molecule has 6 heteroatoms. The van der Waals surface area contributed by atoms with Gasteiger partial charge in [-0.1, -0.05) is 24.8 Å². The number of aromatic amines is 1. The summed E-state index contributed by atoms with van der Waals surface area (Å²) >= 11 is 0. The number of amides is 1. The Labute approximate surface area is 149 Å². The van der Waals surface area contributed by atoms with Gasteiger partial charge in [0.1, 0.15) is 6.07 Å². The lowest BCUT2D eigenvalue weighted by Gasteiger charge is -2.14. The van der Waals surface area contributed by atoms with Crippen molar-refractivity contribution in [2.24, 2.45) is 0 Å². The van der Waals surface area contributed by atoms with E-state index in [0.717, 1.165) is 27.6 Å². The van der Waals surface area contributed by atoms with Gasteiger partial charge in [-0.25, -0.2) is 0 Å². The van der Waals surface area contributed by atoms with Gasteiger partial charge in [0.05, 0.1) is 18.1 Å². The molecule has 0 bridgehead atoms. The average Bonchev–Trinajstić information content (AvgIpc) is 3.22. The highest BCUT2D eigenvalue weighted by molar-refractivity contribution is 6.01. The Bertz CT molecular complexity index is 1160. The van der Waals surface area contributed by atoms with E-state index in [1.165, 1.54) is 0 Å². The summed E-state index contributed by atoms with van der Waals surface area (Å²) in [5.41, 5.74) is 4.91. The van der Waals surface area contributed by atoms with Crippen LogP contribution in [0.5, 0.6) is 0 Å². The molecule has 2 aromatic carbocycles. The molecule has 1 N–H and O–H groups in total. The maximum Gasteiger partial charge on any atom is 0.254 e. The average molecular weight is 339 g/mol. The lowest BCUT2D eigenvalue weighted by molar-refractivity contribution is 0.0794. The van der Waals surface area contributed by atoms with Crippen molar-refractivity contribution in [2.45, 2.75) is 6.54 Å². The SMILES string of the molecule is C=C(C#N)CN1Cc2c(cccc2-c2ccc3[nH]nc(C#N)c3c2)C1=O. The number of hydrogen-bond donors (Lipinski definition) is 1. The first-order valence-electron chi connectivity index (χ1n) is 8.00. The first kappa shape index (κ1) is 15.6. The molecule has 6 nitrogen and oxygen atoms in total. The number of carbonyl (C=O) groups is 1. The van der Waals surface area contributed by atoms with Crippen LogP contribution < -0.4 is 0 Å². The fourth-order valence-electron chi connectivity index (χ4n) is 3.32. The Morgan fingerprint density at radius 2 is 2.08 bits per heavy atom. The predicted octanol–water partition coefficient (Wildman–Crippen LogP) is 3.14. The second-order valence-corrected chi connectivity index (χ2v) is 6.15. The minimum absolute atomic E-state index is 0.0969. The van der Waals surface area contributed by atoms with Crippen molar-refractivity contribution in [3.05, 3.63) is 65.4 Å². The molecule has 0 saturated heterocycles. The van der Waals surface area contributed by atoms with Gasteiger partial charge in [-0.15, -0.1) is 0 Å². The highest BCUT2D eigenvalue weighted by Gasteiger charge is 2.29. The van der Waals surface area contributed by atoms with Gasteiger partial charge in [0.25, 0.3) is 5.91 Å². The molecule has 3 aromatic rings. The maximum absolute atomic E-state index is 12.6. The van der Waals surface area contributed by atoms with Crippen molar-refractivity contribution < 1.29 is 4.79 Å². The number of aromatic nitrogens is 2. The van der Waals surface area contributed by atoms with Crippen molar-refractivity contribution >= 4 is 16.8 Å². The van der Waals surface area contributed by atoms with Gasteiger partial charge >= 0.3 is 0 Å². The summed E-state index contributed by atoms with van der Waals surface area (Å²) < 4.78 is 0. The first-order valence-corrected chi connectivity index (χ1v) is 8.00. The Hall–Kier alpha value is -3.90. The number of nitrogens with zero attached hydrogens (tertiary/aromatic N) is 4. The molecule has 1 aromatic heterocycles. The number of rotatable bonds is 3. The maximum atomic E-state index is 12.6. The van der Waals surface area contributed by atoms with Crippen LogP contribution in [0.1, 0.15) is 21.6 Å². The summed E-state index contributed by atoms with van der Waals surface area (Å²) in [7, 11) is 0. The zero-order valence-corrected chi connectivity index (χ0v) is 13.8. The smallest absolute Gasteiger partial charge is 0.254 e. The van der Waals surface area contributed by atoms with Crippen molar-refractivity contribution in [3.63, 3.8) is 0 Å². The van der Waals surface area contributed by atoms with Gasteiger partial charge in [-0.2, -0.15) is 15.6 Å². The number of carbonyl (C=O) groups excluding carboxylic acids is 1. The lowest BCUT2D eigenvalue weighted by Crippen LogP contribution is -2.25. The van der Waals surface area contributed by atoms with Crippen LogP contribution in [-0.2, 0) is 6.54 Å². The van der Waals surface area contributed by atoms with Crippen molar-refractivity contribution in [1.82, 2.24) is 15.1 Å². The summed E-state index contributed by atoms with van der Waals surface area (Å²) in [6.07, 6.45) is 0. The van der Waals surface area contributed by atoms with Crippen molar-refractivity contribution in [1.29, 1.82) is 10.5 Å². The van der Waals surface area contributed by atoms with Crippen LogP contribution >= 0.6 is 0 Å². The molecular formula is C20H13N5O. The molecular weight excluding hydrogens is 326 g/mol. The van der Waals surface area contributed by atoms with Crippen LogP contribution in [0.25, 0.3) is 22.0 Å². The van der Waals surface area contributed by atoms with E-state index in [-0.39, 0.29) is 12.5 Å². The van der Waals surface area contributed by atoms with Gasteiger partial charge < -0.3 is 4.90 Å². The monoisotopic (exact) mass is 339 g/mol. The summed E-state index contributed by atoms with van der Waals surface area (Å²) in [5, 5.41) is 25.7. The number of fused-ring (bicyclic) bond motifs is 2. The Morgan fingerprint density at radius 1 is 1.27 bits per heavy atom. The summed E-state index contributed by atoms with van der Waals surface area (Å²) in [5.74, 6) is -0.0969. The number of nitrogens with one attached hydrogen (secondary N) is 1. The number of nitriles is 2. The third kappa shape index (κ3) is 2.33. The molecule has 0 aliphatic carbocycles. The van der Waals surface area contributed by atoms with Crippen molar-refractivity contribution in [3.8, 4) is 23.3 Å². The van der Waals surface area contributed by atoms with Crippen LogP contribution in [0, 0.1) is 22.7 Å². The Balaban J connectivity index is 1.80. The quantitative estimate of drug-likeness (QED) is 0.741. The second-order valence-electron chi connectivity index (χ2n) is 6.15. The molecule has 1 amide bonds. The van der Waals surface area contributed by atoms with Crippen LogP contribution in [0.4, 0.5) is 0 Å². The van der Waals surface area contributed by atoms with E-state index in [0.29, 0.717) is 23.4 Å². The molecule has 0 unspecified atom stereocenters. The third-order valence-corrected chi connectivity index (χ3v) is 4.56. The molecule has 124 valence electrons. The zero-order chi connectivity index (χ0) is 18.3. The van der Waals surface area contributed by atoms with Crippen LogP contribution in [0.2, 0.25) is 0 Å². The zero-order valence-electron chi connectivity index (χ0n) is 13.8. The van der Waals surface area contributed by atoms with E-state index in [9.17, 15) is 10.1 Å². The van der Waals surface area contributed by atoms with Gasteiger partial charge in [0.15, 0.2) is 5.69 Å². The van der Waals surface area contributed by atoms with Gasteiger partial charge in [0.2, 0.25) is 0 Å². The minimum Gasteiger partial charge on any atom is -0.329 e. The fraction of sp³-hybridized carbons (Fsp3) is 0.100. The van der Waals surface area contributed by atoms with E-state index in [4.69, 9.17) is 5.26 Å². The van der Waals surface area contributed by atoms with Crippen molar-refractivity contribution in [2.75, 3.05) is 6.54 Å². The molecule has 1 aliphatic rings. The molecule has 0 radical (unpaired) electrons. The second kappa shape index (κ2) is 5.87. The number of benzene rings is 2. The molecule has 26 heavy (non-hydrogen) atoms. The van der Waals surface area contributed by atoms with Crippen LogP contribution in [0.3, 0.4) is 0 Å². The van der Waals surface area contributed by atoms with E-state index in [1.807, 2.05) is 36.4 Å². The number of hydrogen-bond acceptors (Lipinski definition) is 4. The molecule has 0 fully saturated rings. The topological polar surface area (TPSA) is 96.6 Å². The first-order chi connectivity index (χ1) is 12.6. The Morgan fingerprint density at radius 3 is 2.85 bits per heavy atom. The normalized spacial score (nSPS) is 12.7. The summed E-state index contributed by atoms with van der Waals surface area (Å²) in [6.45, 7) is 4.32. The molecule has 2 heterocycles. The van der Waals surface area contributed by atoms with E-state index in [2.05, 4.69) is 22.8 Å². The lowest BCUT2D eigenvalue weighted by atomic mass is 9.96. The summed E-state index contributed by atoms with van der Waals surface area (Å²) in [4.78, 5) is 14.2. The molecule has 0 atom stereocenters. The molecule has 1 aliphatic heterocycles. The predicted molar refractivity (Wildman–Crippen MR) is 95.7 cm³/mol. The summed E-state index contributed by atoms with van der Waals surface area (Å²) in [6, 6.07) is 15.4. The molecule has 0 spiro atoms. The van der Waals surface area contributed by atoms with E-state index >= 15 is 0 Å². The van der Waals surface area contributed by atoms with Gasteiger partial charge in [-0.3, -0.25) is 9.89 Å². The largest absolute Gasteiger partial charge is 0.329 e. The highest BCUT2D eigenvalue weighted by Crippen LogP contribution is 2.34. The van der Waals surface area contributed by atoms with Gasteiger partial charge in [0, 0.05) is 23.1 Å². The minimum atomic E-state index is -0.0969. The van der Waals surface area contributed by atoms with E-state index in [1.54, 1.807) is 11.0 Å².